The summed E-state index contributed by atoms with van der Waals surface area (Å²) in [5.41, 5.74) is 4.00. The molecule has 6 heteroatoms. The Bertz CT molecular complexity index is 521. The van der Waals surface area contributed by atoms with Crippen molar-refractivity contribution in [1.29, 1.82) is 0 Å². The van der Waals surface area contributed by atoms with Crippen LogP contribution in [0.4, 0.5) is 0 Å². The van der Waals surface area contributed by atoms with Crippen LogP contribution in [-0.4, -0.2) is 39.5 Å². The molecule has 6 nitrogen and oxygen atoms in total. The fourth-order valence-electron chi connectivity index (χ4n) is 2.19. The van der Waals surface area contributed by atoms with Gasteiger partial charge in [-0.2, -0.15) is 10.2 Å². The van der Waals surface area contributed by atoms with Gasteiger partial charge in [-0.15, -0.1) is 0 Å². The van der Waals surface area contributed by atoms with E-state index < -0.39 is 0 Å². The Kier molecular flexibility index (Phi) is 2.89. The smallest absolute Gasteiger partial charge is 0.177 e. The number of aromatic amines is 1. The minimum atomic E-state index is -0.177. The number of hydrogen-bond donors (Lipinski definition) is 1. The highest BCUT2D eigenvalue weighted by Gasteiger charge is 2.18. The van der Waals surface area contributed by atoms with Crippen LogP contribution in [0.1, 0.15) is 11.4 Å². The van der Waals surface area contributed by atoms with Crippen LogP contribution in [0.2, 0.25) is 0 Å². The molecule has 2 aromatic heterocycles. The van der Waals surface area contributed by atoms with E-state index in [9.17, 15) is 0 Å². The molecule has 96 valence electrons. The molecule has 0 spiro atoms. The van der Waals surface area contributed by atoms with E-state index >= 15 is 0 Å². The highest BCUT2D eigenvalue weighted by Crippen LogP contribution is 2.23. The second kappa shape index (κ2) is 4.55. The molecule has 18 heavy (non-hydrogen) atoms. The molecule has 1 aliphatic heterocycles. The normalized spacial score (nSPS) is 16.6. The quantitative estimate of drug-likeness (QED) is 0.888. The summed E-state index contributed by atoms with van der Waals surface area (Å²) in [5.74, 6) is 0. The minimum Gasteiger partial charge on any atom is -0.348 e. The van der Waals surface area contributed by atoms with Crippen LogP contribution in [0, 0.1) is 13.8 Å². The zero-order valence-electron chi connectivity index (χ0n) is 10.5. The van der Waals surface area contributed by atoms with Crippen molar-refractivity contribution in [1.82, 2.24) is 20.0 Å². The van der Waals surface area contributed by atoms with Crippen molar-refractivity contribution in [3.05, 3.63) is 23.7 Å². The number of ether oxygens (including phenoxy) is 2. The predicted octanol–water partition coefficient (Wildman–Crippen LogP) is 1.26. The second-order valence-corrected chi connectivity index (χ2v) is 4.40. The van der Waals surface area contributed by atoms with E-state index in [2.05, 4.69) is 15.3 Å². The largest absolute Gasteiger partial charge is 0.348 e. The van der Waals surface area contributed by atoms with Crippen LogP contribution in [0.25, 0.3) is 11.3 Å². The topological polar surface area (TPSA) is 65.0 Å². The maximum absolute atomic E-state index is 5.40. The first-order valence-corrected chi connectivity index (χ1v) is 6.02. The number of nitrogens with zero attached hydrogens (tertiary/aromatic N) is 3. The molecule has 0 aromatic carbocycles. The van der Waals surface area contributed by atoms with E-state index in [1.807, 2.05) is 30.8 Å². The Balaban J connectivity index is 1.80. The maximum atomic E-state index is 5.40. The van der Waals surface area contributed by atoms with E-state index in [-0.39, 0.29) is 6.29 Å². The first-order valence-electron chi connectivity index (χ1n) is 6.02. The lowest BCUT2D eigenvalue weighted by Gasteiger charge is -2.08. The van der Waals surface area contributed by atoms with Gasteiger partial charge in [0.25, 0.3) is 0 Å². The zero-order chi connectivity index (χ0) is 12.5. The molecule has 1 aliphatic rings. The molecular formula is C12H16N4O2. The summed E-state index contributed by atoms with van der Waals surface area (Å²) in [6.45, 7) is 5.92. The van der Waals surface area contributed by atoms with Crippen molar-refractivity contribution < 1.29 is 9.47 Å². The van der Waals surface area contributed by atoms with Gasteiger partial charge in [-0.05, 0) is 19.9 Å². The van der Waals surface area contributed by atoms with Crippen LogP contribution >= 0.6 is 0 Å². The molecule has 0 unspecified atom stereocenters. The third-order valence-corrected chi connectivity index (χ3v) is 3.05. The number of aryl methyl sites for hydroxylation is 2. The molecule has 0 saturated carbocycles. The standard InChI is InChI=1S/C12H16N4O2/c1-8-12(9(2)14-13-8)10-3-4-16(15-10)7-11-17-5-6-18-11/h3-4,11H,5-7H2,1-2H3,(H,13,14). The first kappa shape index (κ1) is 11.4. The Labute approximate surface area is 105 Å². The molecule has 3 rings (SSSR count). The van der Waals surface area contributed by atoms with Gasteiger partial charge in [-0.3, -0.25) is 9.78 Å². The first-order chi connectivity index (χ1) is 8.74. The Morgan fingerprint density at radius 1 is 1.39 bits per heavy atom. The van der Waals surface area contributed by atoms with Gasteiger partial charge in [0, 0.05) is 17.5 Å². The minimum absolute atomic E-state index is 0.177. The van der Waals surface area contributed by atoms with Gasteiger partial charge in [-0.1, -0.05) is 0 Å². The Morgan fingerprint density at radius 2 is 2.17 bits per heavy atom. The van der Waals surface area contributed by atoms with Gasteiger partial charge in [-0.25, -0.2) is 0 Å². The number of H-pyrrole nitrogens is 1. The molecule has 0 amide bonds. The van der Waals surface area contributed by atoms with Crippen molar-refractivity contribution in [3.63, 3.8) is 0 Å². The summed E-state index contributed by atoms with van der Waals surface area (Å²) in [6.07, 6.45) is 1.76. The number of nitrogens with one attached hydrogen (secondary N) is 1. The Hall–Kier alpha value is -1.66. The Morgan fingerprint density at radius 3 is 2.83 bits per heavy atom. The summed E-state index contributed by atoms with van der Waals surface area (Å²) in [4.78, 5) is 0. The summed E-state index contributed by atoms with van der Waals surface area (Å²) >= 11 is 0. The molecule has 0 radical (unpaired) electrons. The van der Waals surface area contributed by atoms with Crippen molar-refractivity contribution in [2.24, 2.45) is 0 Å². The predicted molar refractivity (Wildman–Crippen MR) is 65.0 cm³/mol. The molecule has 1 fully saturated rings. The number of hydrogen-bond acceptors (Lipinski definition) is 4. The summed E-state index contributed by atoms with van der Waals surface area (Å²) in [7, 11) is 0. The van der Waals surface area contributed by atoms with E-state index in [1.54, 1.807) is 0 Å². The molecule has 2 aromatic rings. The van der Waals surface area contributed by atoms with Crippen LogP contribution in [0.3, 0.4) is 0 Å². The molecule has 0 atom stereocenters. The monoisotopic (exact) mass is 248 g/mol. The van der Waals surface area contributed by atoms with Gasteiger partial charge < -0.3 is 9.47 Å². The number of rotatable bonds is 3. The van der Waals surface area contributed by atoms with E-state index in [0.717, 1.165) is 22.6 Å². The number of aromatic nitrogens is 4. The summed E-state index contributed by atoms with van der Waals surface area (Å²) in [5, 5.41) is 11.7. The molecule has 3 heterocycles. The SMILES string of the molecule is Cc1n[nH]c(C)c1-c1ccn(CC2OCCO2)n1. The average Bonchev–Trinajstić information content (AvgIpc) is 3.04. The molecule has 1 N–H and O–H groups in total. The van der Waals surface area contributed by atoms with Crippen molar-refractivity contribution in [3.8, 4) is 11.3 Å². The van der Waals surface area contributed by atoms with Crippen LogP contribution in [0.15, 0.2) is 12.3 Å². The zero-order valence-corrected chi connectivity index (χ0v) is 10.5. The molecule has 0 bridgehead atoms. The highest BCUT2D eigenvalue weighted by molar-refractivity contribution is 5.63. The third-order valence-electron chi connectivity index (χ3n) is 3.05. The fourth-order valence-corrected chi connectivity index (χ4v) is 2.19. The van der Waals surface area contributed by atoms with Crippen molar-refractivity contribution in [2.45, 2.75) is 26.7 Å². The fraction of sp³-hybridized carbons (Fsp3) is 0.500. The van der Waals surface area contributed by atoms with Crippen LogP contribution in [0.5, 0.6) is 0 Å². The molecular weight excluding hydrogens is 232 g/mol. The van der Waals surface area contributed by atoms with Gasteiger partial charge in [0.15, 0.2) is 6.29 Å². The van der Waals surface area contributed by atoms with E-state index in [1.165, 1.54) is 0 Å². The van der Waals surface area contributed by atoms with Gasteiger partial charge in [0.05, 0.1) is 31.1 Å². The highest BCUT2D eigenvalue weighted by atomic mass is 16.7. The molecule has 0 aliphatic carbocycles. The third kappa shape index (κ3) is 2.04. The summed E-state index contributed by atoms with van der Waals surface area (Å²) in [6, 6.07) is 1.99. The lowest BCUT2D eigenvalue weighted by atomic mass is 10.1. The van der Waals surface area contributed by atoms with Crippen LogP contribution in [-0.2, 0) is 16.0 Å². The lowest BCUT2D eigenvalue weighted by molar-refractivity contribution is -0.0545. The van der Waals surface area contributed by atoms with Gasteiger partial charge in [0.2, 0.25) is 0 Å². The van der Waals surface area contributed by atoms with E-state index in [4.69, 9.17) is 9.47 Å². The van der Waals surface area contributed by atoms with Gasteiger partial charge in [0.1, 0.15) is 0 Å². The van der Waals surface area contributed by atoms with Crippen LogP contribution < -0.4 is 0 Å². The lowest BCUT2D eigenvalue weighted by Crippen LogP contribution is -2.17. The van der Waals surface area contributed by atoms with Crippen molar-refractivity contribution >= 4 is 0 Å². The summed E-state index contributed by atoms with van der Waals surface area (Å²) < 4.78 is 12.6. The molecule has 1 saturated heterocycles. The van der Waals surface area contributed by atoms with Gasteiger partial charge >= 0.3 is 0 Å². The van der Waals surface area contributed by atoms with Crippen molar-refractivity contribution in [2.75, 3.05) is 13.2 Å². The second-order valence-electron chi connectivity index (χ2n) is 4.40. The van der Waals surface area contributed by atoms with E-state index in [0.29, 0.717) is 19.8 Å². The average molecular weight is 248 g/mol. The maximum Gasteiger partial charge on any atom is 0.177 e.